The first-order valence-corrected chi connectivity index (χ1v) is 5.57. The minimum absolute atomic E-state index is 0.264. The molecule has 0 aliphatic heterocycles. The van der Waals surface area contributed by atoms with E-state index in [2.05, 4.69) is 0 Å². The number of hydrogen-bond acceptors (Lipinski definition) is 1. The standard InChI is InChI=1S/C7H7Cl.C6H12O/c1-6-2-4-7(8)5-3-6;1-4-5(2)6(3)7/h2-5H,1H3;5H,4H2,1-3H3. The Hall–Kier alpha value is -0.820. The van der Waals surface area contributed by atoms with Gasteiger partial charge in [0, 0.05) is 10.9 Å². The van der Waals surface area contributed by atoms with Gasteiger partial charge >= 0.3 is 0 Å². The van der Waals surface area contributed by atoms with E-state index in [4.69, 9.17) is 11.6 Å². The second-order valence-electron chi connectivity index (χ2n) is 3.72. The van der Waals surface area contributed by atoms with E-state index in [0.717, 1.165) is 11.4 Å². The molecule has 0 heterocycles. The van der Waals surface area contributed by atoms with Crippen LogP contribution >= 0.6 is 11.6 Å². The van der Waals surface area contributed by atoms with Gasteiger partial charge in [-0.3, -0.25) is 4.79 Å². The van der Waals surface area contributed by atoms with E-state index in [1.54, 1.807) is 6.92 Å². The monoisotopic (exact) mass is 226 g/mol. The van der Waals surface area contributed by atoms with Crippen LogP contribution in [0.1, 0.15) is 32.8 Å². The second-order valence-corrected chi connectivity index (χ2v) is 4.15. The predicted octanol–water partition coefficient (Wildman–Crippen LogP) is 4.27. The molecule has 1 unspecified atom stereocenters. The van der Waals surface area contributed by atoms with Gasteiger partial charge in [0.05, 0.1) is 0 Å². The van der Waals surface area contributed by atoms with E-state index >= 15 is 0 Å². The van der Waals surface area contributed by atoms with Gasteiger partial charge in [-0.2, -0.15) is 0 Å². The molecular weight excluding hydrogens is 208 g/mol. The fraction of sp³-hybridized carbons (Fsp3) is 0.462. The van der Waals surface area contributed by atoms with Crippen molar-refractivity contribution in [3.8, 4) is 0 Å². The fourth-order valence-electron chi connectivity index (χ4n) is 0.821. The van der Waals surface area contributed by atoms with Gasteiger partial charge in [-0.15, -0.1) is 0 Å². The van der Waals surface area contributed by atoms with Crippen molar-refractivity contribution in [2.24, 2.45) is 5.92 Å². The Kier molecular flexibility index (Phi) is 7.06. The molecule has 0 aromatic heterocycles. The minimum atomic E-state index is 0.264. The highest BCUT2D eigenvalue weighted by molar-refractivity contribution is 6.30. The summed E-state index contributed by atoms with van der Waals surface area (Å²) in [5.74, 6) is 0.558. The number of hydrogen-bond donors (Lipinski definition) is 0. The smallest absolute Gasteiger partial charge is 0.132 e. The topological polar surface area (TPSA) is 17.1 Å². The lowest BCUT2D eigenvalue weighted by Crippen LogP contribution is -2.03. The lowest BCUT2D eigenvalue weighted by Gasteiger charge is -1.98. The Morgan fingerprint density at radius 3 is 2.00 bits per heavy atom. The molecular formula is C13H19ClO. The first kappa shape index (κ1) is 14.2. The Morgan fingerprint density at radius 1 is 1.33 bits per heavy atom. The average Bonchev–Trinajstić information content (AvgIpc) is 2.22. The van der Waals surface area contributed by atoms with Crippen LogP contribution in [0.4, 0.5) is 0 Å². The first-order valence-electron chi connectivity index (χ1n) is 5.20. The lowest BCUT2D eigenvalue weighted by molar-refractivity contribution is -0.120. The summed E-state index contributed by atoms with van der Waals surface area (Å²) in [5.41, 5.74) is 1.24. The van der Waals surface area contributed by atoms with Crippen LogP contribution in [0.5, 0.6) is 0 Å². The van der Waals surface area contributed by atoms with E-state index in [-0.39, 0.29) is 5.92 Å². The van der Waals surface area contributed by atoms with Crippen LogP contribution in [-0.2, 0) is 4.79 Å². The van der Waals surface area contributed by atoms with Gasteiger partial charge in [-0.25, -0.2) is 0 Å². The Bertz CT molecular complexity index is 269. The van der Waals surface area contributed by atoms with Crippen LogP contribution in [0.25, 0.3) is 0 Å². The Labute approximate surface area is 97.5 Å². The van der Waals surface area contributed by atoms with Gasteiger partial charge in [0.2, 0.25) is 0 Å². The molecule has 0 aliphatic carbocycles. The molecule has 0 amide bonds. The van der Waals surface area contributed by atoms with E-state index in [1.807, 2.05) is 45.0 Å². The molecule has 0 spiro atoms. The van der Waals surface area contributed by atoms with Crippen molar-refractivity contribution in [1.82, 2.24) is 0 Å². The van der Waals surface area contributed by atoms with Crippen LogP contribution in [0.15, 0.2) is 24.3 Å². The van der Waals surface area contributed by atoms with E-state index in [1.165, 1.54) is 5.56 Å². The van der Waals surface area contributed by atoms with Gasteiger partial charge in [-0.05, 0) is 32.4 Å². The molecule has 1 rings (SSSR count). The average molecular weight is 227 g/mol. The van der Waals surface area contributed by atoms with Crippen molar-refractivity contribution >= 4 is 17.4 Å². The molecule has 0 fully saturated rings. The molecule has 0 aliphatic rings. The maximum Gasteiger partial charge on any atom is 0.132 e. The summed E-state index contributed by atoms with van der Waals surface area (Å²) in [5, 5.41) is 0.801. The van der Waals surface area contributed by atoms with Crippen LogP contribution in [0, 0.1) is 12.8 Å². The SMILES string of the molecule is CCC(C)C(C)=O.Cc1ccc(Cl)cc1. The van der Waals surface area contributed by atoms with Crippen LogP contribution in [0.3, 0.4) is 0 Å². The Balaban J connectivity index is 0.000000265. The van der Waals surface area contributed by atoms with E-state index in [9.17, 15) is 4.79 Å². The Morgan fingerprint density at radius 2 is 1.80 bits per heavy atom. The maximum atomic E-state index is 10.4. The van der Waals surface area contributed by atoms with Gasteiger partial charge in [-0.1, -0.05) is 43.1 Å². The molecule has 0 saturated heterocycles. The number of carbonyl (C=O) groups is 1. The largest absolute Gasteiger partial charge is 0.300 e. The molecule has 15 heavy (non-hydrogen) atoms. The van der Waals surface area contributed by atoms with Crippen LogP contribution < -0.4 is 0 Å². The zero-order chi connectivity index (χ0) is 11.8. The fourth-order valence-corrected chi connectivity index (χ4v) is 0.947. The van der Waals surface area contributed by atoms with Gasteiger partial charge in [0.1, 0.15) is 5.78 Å². The molecule has 1 aromatic carbocycles. The minimum Gasteiger partial charge on any atom is -0.300 e. The number of rotatable bonds is 2. The highest BCUT2D eigenvalue weighted by Crippen LogP contribution is 2.07. The second kappa shape index (κ2) is 7.47. The maximum absolute atomic E-state index is 10.4. The summed E-state index contributed by atoms with van der Waals surface area (Å²) in [4.78, 5) is 10.4. The summed E-state index contributed by atoms with van der Waals surface area (Å²) in [6.07, 6.45) is 0.968. The lowest BCUT2D eigenvalue weighted by atomic mass is 10.1. The molecule has 1 atom stereocenters. The third kappa shape index (κ3) is 7.15. The molecule has 1 aromatic rings. The molecule has 0 saturated carbocycles. The number of Topliss-reactive ketones (excluding diaryl/α,β-unsaturated/α-hetero) is 1. The van der Waals surface area contributed by atoms with Crippen molar-refractivity contribution in [1.29, 1.82) is 0 Å². The van der Waals surface area contributed by atoms with Crippen molar-refractivity contribution in [2.45, 2.75) is 34.1 Å². The normalized spacial score (nSPS) is 11.3. The van der Waals surface area contributed by atoms with Crippen molar-refractivity contribution in [3.63, 3.8) is 0 Å². The van der Waals surface area contributed by atoms with Crippen LogP contribution in [0.2, 0.25) is 5.02 Å². The molecule has 0 N–H and O–H groups in total. The number of ketones is 1. The number of benzene rings is 1. The quantitative estimate of drug-likeness (QED) is 0.736. The van der Waals surface area contributed by atoms with E-state index < -0.39 is 0 Å². The molecule has 2 heteroatoms. The first-order chi connectivity index (χ1) is 6.97. The highest BCUT2D eigenvalue weighted by Gasteiger charge is 2.01. The third-order valence-corrected chi connectivity index (χ3v) is 2.57. The molecule has 0 bridgehead atoms. The number of halogens is 1. The third-order valence-electron chi connectivity index (χ3n) is 2.32. The van der Waals surface area contributed by atoms with Crippen molar-refractivity contribution in [2.75, 3.05) is 0 Å². The summed E-state index contributed by atoms with van der Waals surface area (Å²) >= 11 is 5.61. The summed E-state index contributed by atoms with van der Waals surface area (Å²) in [6.45, 7) is 7.64. The summed E-state index contributed by atoms with van der Waals surface area (Å²) < 4.78 is 0. The van der Waals surface area contributed by atoms with E-state index in [0.29, 0.717) is 5.78 Å². The van der Waals surface area contributed by atoms with Crippen LogP contribution in [-0.4, -0.2) is 5.78 Å². The molecule has 0 radical (unpaired) electrons. The van der Waals surface area contributed by atoms with Crippen molar-refractivity contribution < 1.29 is 4.79 Å². The number of carbonyl (C=O) groups excluding carboxylic acids is 1. The predicted molar refractivity (Wildman–Crippen MR) is 66.3 cm³/mol. The number of aryl methyl sites for hydroxylation is 1. The molecule has 1 nitrogen and oxygen atoms in total. The van der Waals surface area contributed by atoms with Crippen molar-refractivity contribution in [3.05, 3.63) is 34.9 Å². The van der Waals surface area contributed by atoms with Gasteiger partial charge in [0.25, 0.3) is 0 Å². The van der Waals surface area contributed by atoms with Gasteiger partial charge < -0.3 is 0 Å². The van der Waals surface area contributed by atoms with Gasteiger partial charge in [0.15, 0.2) is 0 Å². The summed E-state index contributed by atoms with van der Waals surface area (Å²) in [6, 6.07) is 7.75. The zero-order valence-corrected chi connectivity index (χ0v) is 10.6. The summed E-state index contributed by atoms with van der Waals surface area (Å²) in [7, 11) is 0. The highest BCUT2D eigenvalue weighted by atomic mass is 35.5. The zero-order valence-electron chi connectivity index (χ0n) is 9.88. The molecule has 84 valence electrons.